The molecule has 0 aliphatic rings. The van der Waals surface area contributed by atoms with Crippen molar-refractivity contribution in [2.75, 3.05) is 13.2 Å². The molecule has 0 aliphatic carbocycles. The summed E-state index contributed by atoms with van der Waals surface area (Å²) in [6.45, 7) is 7.36. The largest absolute Gasteiger partial charge is 0.488 e. The first kappa shape index (κ1) is 13.9. The molecule has 1 aromatic rings. The average Bonchev–Trinajstić information content (AvgIpc) is 2.23. The molecular formula is C13H19F2NO. The average molecular weight is 243 g/mol. The molecule has 2 nitrogen and oxygen atoms in total. The number of nitrogens with one attached hydrogen (secondary N) is 1. The smallest absolute Gasteiger partial charge is 0.190 e. The van der Waals surface area contributed by atoms with E-state index in [1.807, 2.05) is 0 Å². The summed E-state index contributed by atoms with van der Waals surface area (Å²) < 4.78 is 31.9. The molecule has 1 aromatic carbocycles. The molecule has 0 bridgehead atoms. The lowest BCUT2D eigenvalue weighted by Gasteiger charge is -2.10. The Morgan fingerprint density at radius 2 is 1.82 bits per heavy atom. The van der Waals surface area contributed by atoms with Crippen LogP contribution in [0.25, 0.3) is 0 Å². The fraction of sp³-hybridized carbons (Fsp3) is 0.538. The Kier molecular flexibility index (Phi) is 5.35. The zero-order valence-corrected chi connectivity index (χ0v) is 10.5. The van der Waals surface area contributed by atoms with E-state index in [0.717, 1.165) is 6.54 Å². The van der Waals surface area contributed by atoms with E-state index in [4.69, 9.17) is 4.74 Å². The van der Waals surface area contributed by atoms with Crippen LogP contribution >= 0.6 is 0 Å². The van der Waals surface area contributed by atoms with Crippen LogP contribution in [0.1, 0.15) is 26.3 Å². The highest BCUT2D eigenvalue weighted by atomic mass is 19.1. The van der Waals surface area contributed by atoms with Crippen molar-refractivity contribution in [3.63, 3.8) is 0 Å². The summed E-state index contributed by atoms with van der Waals surface area (Å²) in [5.41, 5.74) is 0.587. The van der Waals surface area contributed by atoms with Crippen LogP contribution in [0.5, 0.6) is 5.75 Å². The van der Waals surface area contributed by atoms with Gasteiger partial charge in [-0.15, -0.1) is 0 Å². The molecule has 0 spiro atoms. The Morgan fingerprint density at radius 3 is 2.29 bits per heavy atom. The predicted octanol–water partition coefficient (Wildman–Crippen LogP) is 3.11. The van der Waals surface area contributed by atoms with E-state index in [2.05, 4.69) is 19.2 Å². The molecule has 17 heavy (non-hydrogen) atoms. The lowest BCUT2D eigenvalue weighted by atomic mass is 10.1. The van der Waals surface area contributed by atoms with Gasteiger partial charge in [-0.1, -0.05) is 13.8 Å². The molecule has 0 fully saturated rings. The van der Waals surface area contributed by atoms with Gasteiger partial charge in [-0.2, -0.15) is 0 Å². The number of hydrogen-bond acceptors (Lipinski definition) is 2. The van der Waals surface area contributed by atoms with E-state index in [1.165, 1.54) is 12.1 Å². The first-order valence-corrected chi connectivity index (χ1v) is 5.86. The second-order valence-electron chi connectivity index (χ2n) is 4.35. The fourth-order valence-corrected chi connectivity index (χ4v) is 1.50. The van der Waals surface area contributed by atoms with Crippen molar-refractivity contribution in [2.45, 2.75) is 27.3 Å². The Morgan fingerprint density at radius 1 is 1.24 bits per heavy atom. The van der Waals surface area contributed by atoms with Gasteiger partial charge in [0.2, 0.25) is 0 Å². The Hall–Kier alpha value is -1.16. The van der Waals surface area contributed by atoms with Crippen LogP contribution in [0, 0.1) is 17.6 Å². The van der Waals surface area contributed by atoms with Crippen molar-refractivity contribution >= 4 is 0 Å². The van der Waals surface area contributed by atoms with E-state index < -0.39 is 11.6 Å². The summed E-state index contributed by atoms with van der Waals surface area (Å²) in [5.74, 6) is -1.08. The number of hydrogen-bond donors (Lipinski definition) is 1. The third kappa shape index (κ3) is 4.30. The number of benzene rings is 1. The molecular weight excluding hydrogens is 224 g/mol. The molecule has 0 radical (unpaired) electrons. The Balaban J connectivity index is 2.69. The minimum absolute atomic E-state index is 0.249. The van der Waals surface area contributed by atoms with Gasteiger partial charge in [0.05, 0.1) is 6.61 Å². The summed E-state index contributed by atoms with van der Waals surface area (Å²) in [5, 5.41) is 3.13. The molecule has 4 heteroatoms. The SMILES string of the molecule is CCOc1c(F)cc(CNCC(C)C)cc1F. The molecule has 0 aliphatic heterocycles. The van der Waals surface area contributed by atoms with Gasteiger partial charge in [0.1, 0.15) is 0 Å². The van der Waals surface area contributed by atoms with Crippen LogP contribution in [0.3, 0.4) is 0 Å². The van der Waals surface area contributed by atoms with E-state index in [-0.39, 0.29) is 12.4 Å². The number of halogens is 2. The molecule has 0 unspecified atom stereocenters. The van der Waals surface area contributed by atoms with Gasteiger partial charge < -0.3 is 10.1 Å². The van der Waals surface area contributed by atoms with Crippen molar-refractivity contribution in [3.8, 4) is 5.75 Å². The molecule has 1 N–H and O–H groups in total. The van der Waals surface area contributed by atoms with Gasteiger partial charge in [0.25, 0.3) is 0 Å². The minimum Gasteiger partial charge on any atom is -0.488 e. The lowest BCUT2D eigenvalue weighted by molar-refractivity contribution is 0.302. The quantitative estimate of drug-likeness (QED) is 0.829. The van der Waals surface area contributed by atoms with Crippen molar-refractivity contribution in [2.24, 2.45) is 5.92 Å². The van der Waals surface area contributed by atoms with Crippen molar-refractivity contribution in [3.05, 3.63) is 29.3 Å². The monoisotopic (exact) mass is 243 g/mol. The number of rotatable bonds is 6. The van der Waals surface area contributed by atoms with Crippen molar-refractivity contribution < 1.29 is 13.5 Å². The van der Waals surface area contributed by atoms with Gasteiger partial charge in [-0.3, -0.25) is 0 Å². The third-order valence-electron chi connectivity index (χ3n) is 2.23. The Labute approximate surface area is 101 Å². The molecule has 0 atom stereocenters. The van der Waals surface area contributed by atoms with Crippen LogP contribution < -0.4 is 10.1 Å². The topological polar surface area (TPSA) is 21.3 Å². The third-order valence-corrected chi connectivity index (χ3v) is 2.23. The second-order valence-corrected chi connectivity index (χ2v) is 4.35. The summed E-state index contributed by atoms with van der Waals surface area (Å²) in [6, 6.07) is 2.61. The van der Waals surface area contributed by atoms with Crippen molar-refractivity contribution in [1.82, 2.24) is 5.32 Å². The van der Waals surface area contributed by atoms with Crippen LogP contribution in [0.15, 0.2) is 12.1 Å². The van der Waals surface area contributed by atoms with Crippen molar-refractivity contribution in [1.29, 1.82) is 0 Å². The highest BCUT2D eigenvalue weighted by molar-refractivity contribution is 5.31. The highest BCUT2D eigenvalue weighted by Gasteiger charge is 2.11. The zero-order chi connectivity index (χ0) is 12.8. The summed E-state index contributed by atoms with van der Waals surface area (Å²) in [4.78, 5) is 0. The van der Waals surface area contributed by atoms with Gasteiger partial charge in [-0.25, -0.2) is 8.78 Å². The minimum atomic E-state index is -0.645. The first-order valence-electron chi connectivity index (χ1n) is 5.86. The maximum Gasteiger partial charge on any atom is 0.190 e. The summed E-state index contributed by atoms with van der Waals surface area (Å²) in [7, 11) is 0. The molecule has 0 heterocycles. The maximum absolute atomic E-state index is 13.5. The summed E-state index contributed by atoms with van der Waals surface area (Å²) >= 11 is 0. The molecule has 0 aromatic heterocycles. The van der Waals surface area contributed by atoms with E-state index in [0.29, 0.717) is 18.0 Å². The molecule has 0 saturated carbocycles. The second kappa shape index (κ2) is 6.55. The highest BCUT2D eigenvalue weighted by Crippen LogP contribution is 2.23. The van der Waals surface area contributed by atoms with Gasteiger partial charge in [0, 0.05) is 6.54 Å². The normalized spacial score (nSPS) is 10.9. The zero-order valence-electron chi connectivity index (χ0n) is 10.5. The maximum atomic E-state index is 13.5. The number of ether oxygens (including phenoxy) is 1. The van der Waals surface area contributed by atoms with E-state index in [1.54, 1.807) is 6.92 Å². The first-order chi connectivity index (χ1) is 8.04. The van der Waals surface area contributed by atoms with Gasteiger partial charge in [-0.05, 0) is 37.1 Å². The standard InChI is InChI=1S/C13H19F2NO/c1-4-17-13-11(14)5-10(6-12(13)15)8-16-7-9(2)3/h5-6,9,16H,4,7-8H2,1-3H3. The lowest BCUT2D eigenvalue weighted by Crippen LogP contribution is -2.19. The predicted molar refractivity (Wildman–Crippen MR) is 64.1 cm³/mol. The molecule has 0 saturated heterocycles. The Bertz CT molecular complexity index is 343. The van der Waals surface area contributed by atoms with Gasteiger partial charge >= 0.3 is 0 Å². The van der Waals surface area contributed by atoms with Crippen LogP contribution in [-0.4, -0.2) is 13.2 Å². The molecule has 96 valence electrons. The van der Waals surface area contributed by atoms with Gasteiger partial charge in [0.15, 0.2) is 17.4 Å². The van der Waals surface area contributed by atoms with Crippen LogP contribution in [-0.2, 0) is 6.54 Å². The van der Waals surface area contributed by atoms with E-state index in [9.17, 15) is 8.78 Å². The van der Waals surface area contributed by atoms with E-state index >= 15 is 0 Å². The fourth-order valence-electron chi connectivity index (χ4n) is 1.50. The van der Waals surface area contributed by atoms with Crippen LogP contribution in [0.2, 0.25) is 0 Å². The molecule has 1 rings (SSSR count). The summed E-state index contributed by atoms with van der Waals surface area (Å²) in [6.07, 6.45) is 0. The van der Waals surface area contributed by atoms with Crippen LogP contribution in [0.4, 0.5) is 8.78 Å². The molecule has 0 amide bonds.